The molecule has 2 saturated heterocycles. The van der Waals surface area contributed by atoms with Crippen molar-refractivity contribution in [2.45, 2.75) is 71.2 Å². The molecule has 2 aliphatic rings. The highest BCUT2D eigenvalue weighted by atomic mass is 32.1. The van der Waals surface area contributed by atoms with E-state index in [-0.39, 0.29) is 75.8 Å². The van der Waals surface area contributed by atoms with Gasteiger partial charge < -0.3 is 45.5 Å². The maximum Gasteiger partial charge on any atom is 0.243 e. The van der Waals surface area contributed by atoms with Crippen LogP contribution < -0.4 is 26.0 Å². The minimum absolute atomic E-state index is 0.00483. The first-order valence-electron chi connectivity index (χ1n) is 20.0. The highest BCUT2D eigenvalue weighted by Crippen LogP contribution is 2.37. The molecule has 4 atom stereocenters. The quantitative estimate of drug-likeness (QED) is 0.0948. The Labute approximate surface area is 356 Å². The van der Waals surface area contributed by atoms with E-state index in [0.717, 1.165) is 32.9 Å². The summed E-state index contributed by atoms with van der Waals surface area (Å²) in [6.45, 7) is 10.4. The third-order valence-electron chi connectivity index (χ3n) is 10.6. The number of aromatic nitrogens is 2. The second-order valence-corrected chi connectivity index (χ2v) is 17.5. The summed E-state index contributed by atoms with van der Waals surface area (Å²) in [6.07, 6.45) is -0.516. The van der Waals surface area contributed by atoms with E-state index in [1.807, 2.05) is 52.0 Å². The first-order chi connectivity index (χ1) is 28.7. The van der Waals surface area contributed by atoms with E-state index in [1.54, 1.807) is 22.2 Å². The lowest BCUT2D eigenvalue weighted by atomic mass is 9.81. The molecule has 3 amide bonds. The van der Waals surface area contributed by atoms with Crippen molar-refractivity contribution >= 4 is 45.5 Å². The number of β-amino-alcohol motifs (C(OH)–C–C–N with tert-alkyl or cyclic N) is 1. The number of hydrogen-bond acceptors (Lipinski definition) is 13. The zero-order chi connectivity index (χ0) is 43.0. The molecule has 0 aliphatic carbocycles. The Morgan fingerprint density at radius 2 is 1.83 bits per heavy atom. The van der Waals surface area contributed by atoms with Crippen LogP contribution in [0.25, 0.3) is 21.7 Å². The molecule has 4 heterocycles. The largest absolute Gasteiger partial charge is 0.487 e. The number of halogens is 2. The molecule has 2 aromatic carbocycles. The number of aryl methyl sites for hydroxylation is 1. The predicted molar refractivity (Wildman–Crippen MR) is 226 cm³/mol. The molecule has 6 rings (SSSR count). The van der Waals surface area contributed by atoms with Crippen molar-refractivity contribution in [1.29, 1.82) is 0 Å². The van der Waals surface area contributed by atoms with Gasteiger partial charge in [0.1, 0.15) is 12.6 Å². The van der Waals surface area contributed by atoms with E-state index in [2.05, 4.69) is 25.5 Å². The van der Waals surface area contributed by atoms with Crippen LogP contribution in [0, 0.1) is 24.0 Å². The highest BCUT2D eigenvalue weighted by molar-refractivity contribution is 7.14. The molecule has 324 valence electrons. The smallest absolute Gasteiger partial charge is 0.243 e. The van der Waals surface area contributed by atoms with Gasteiger partial charge in [0.05, 0.1) is 66.4 Å². The molecule has 0 radical (unpaired) electrons. The number of thiazole rings is 2. The number of aliphatic hydroxyl groups is 1. The summed E-state index contributed by atoms with van der Waals surface area (Å²) in [5, 5.41) is 19.2. The van der Waals surface area contributed by atoms with Crippen LogP contribution in [0.15, 0.2) is 47.3 Å². The lowest BCUT2D eigenvalue weighted by Crippen LogP contribution is -2.48. The number of primary amides is 1. The fourth-order valence-electron chi connectivity index (χ4n) is 7.41. The van der Waals surface area contributed by atoms with Crippen LogP contribution in [0.5, 0.6) is 5.75 Å². The van der Waals surface area contributed by atoms with Gasteiger partial charge in [0.25, 0.3) is 0 Å². The summed E-state index contributed by atoms with van der Waals surface area (Å²) in [5.74, 6) is -3.69. The summed E-state index contributed by atoms with van der Waals surface area (Å²) in [7, 11) is 0. The van der Waals surface area contributed by atoms with Gasteiger partial charge in [-0.25, -0.2) is 14.4 Å². The van der Waals surface area contributed by atoms with Crippen molar-refractivity contribution in [3.05, 3.63) is 70.2 Å². The second-order valence-electron chi connectivity index (χ2n) is 15.8. The van der Waals surface area contributed by atoms with E-state index < -0.39 is 41.1 Å². The van der Waals surface area contributed by atoms with E-state index in [4.69, 9.17) is 19.9 Å². The number of ether oxygens (including phenoxy) is 3. The zero-order valence-electron chi connectivity index (χ0n) is 34.2. The first-order valence-corrected chi connectivity index (χ1v) is 21.7. The number of hydrogen-bond donors (Lipinski definition) is 4. The summed E-state index contributed by atoms with van der Waals surface area (Å²) in [4.78, 5) is 53.2. The van der Waals surface area contributed by atoms with Gasteiger partial charge in [-0.15, -0.1) is 22.7 Å². The average Bonchev–Trinajstić information content (AvgIpc) is 3.99. The SMILES string of the molecule is Cc1ncsc1-c1ccc([C@H](C)NC(=O)[C@@H]2C[C@@H](O)CN2C(=O)CC(C)(C)CC(NCCOCCOc2c(-c3csc(N4CCOCC4)n3)ccc(F)c2F)C(N)=O)cc1. The maximum atomic E-state index is 14.9. The number of benzene rings is 2. The number of amides is 3. The molecule has 2 fully saturated rings. The van der Waals surface area contributed by atoms with Crippen molar-refractivity contribution in [2.75, 3.05) is 64.1 Å². The standard InChI is InChI=1S/C42H53F2N7O7S2/c1-25(27-5-7-28(8-6-27)38-26(2)47-24-60-38)48-40(55)34-19-29(52)22-51(34)35(53)21-42(3,4)20-32(39(45)54)46-11-14-56-17-18-58-37-30(9-10-31(43)36(37)44)33-23-59-41(49-33)50-12-15-57-16-13-50/h5-10,23-25,29,32,34,46,52H,11-22H2,1-4H3,(H2,45,54)(H,48,55)/t25-,29+,32?,34-/m0/s1. The van der Waals surface area contributed by atoms with Crippen molar-refractivity contribution in [3.8, 4) is 27.4 Å². The molecule has 60 heavy (non-hydrogen) atoms. The highest BCUT2D eigenvalue weighted by Gasteiger charge is 2.41. The molecule has 5 N–H and O–H groups in total. The summed E-state index contributed by atoms with van der Waals surface area (Å²) in [5.41, 5.74) is 10.5. The van der Waals surface area contributed by atoms with Gasteiger partial charge >= 0.3 is 0 Å². The number of nitrogens with two attached hydrogens (primary N) is 1. The molecule has 14 nitrogen and oxygen atoms in total. The van der Waals surface area contributed by atoms with Crippen molar-refractivity contribution in [1.82, 2.24) is 25.5 Å². The zero-order valence-corrected chi connectivity index (χ0v) is 35.9. The normalized spacial score (nSPS) is 18.1. The number of nitrogens with zero attached hydrogens (tertiary/aromatic N) is 4. The topological polar surface area (TPSA) is 181 Å². The van der Waals surface area contributed by atoms with Crippen molar-refractivity contribution < 1.29 is 42.5 Å². The third-order valence-corrected chi connectivity index (χ3v) is 12.5. The molecule has 0 saturated carbocycles. The molecule has 0 spiro atoms. The molecule has 0 bridgehead atoms. The molecule has 4 aromatic rings. The molecular formula is C42H53F2N7O7S2. The average molecular weight is 870 g/mol. The number of anilines is 1. The van der Waals surface area contributed by atoms with E-state index in [0.29, 0.717) is 37.6 Å². The van der Waals surface area contributed by atoms with Crippen molar-refractivity contribution in [2.24, 2.45) is 11.1 Å². The number of carbonyl (C=O) groups excluding carboxylic acids is 3. The van der Waals surface area contributed by atoms with E-state index in [1.165, 1.54) is 22.3 Å². The molecule has 2 aliphatic heterocycles. The molecular weight excluding hydrogens is 817 g/mol. The van der Waals surface area contributed by atoms with Crippen LogP contribution in [0.1, 0.15) is 57.3 Å². The Bertz CT molecular complexity index is 2090. The Morgan fingerprint density at radius 3 is 2.53 bits per heavy atom. The van der Waals surface area contributed by atoms with Crippen LogP contribution in [-0.2, 0) is 23.9 Å². The number of likely N-dealkylation sites (tertiary alicyclic amines) is 1. The second kappa shape index (κ2) is 20.3. The molecule has 18 heteroatoms. The fraction of sp³-hybridized carbons (Fsp3) is 0.500. The van der Waals surface area contributed by atoms with Crippen LogP contribution in [0.2, 0.25) is 0 Å². The Kier molecular flexibility index (Phi) is 15.2. The van der Waals surface area contributed by atoms with E-state index in [9.17, 15) is 28.3 Å². The Hall–Kier alpha value is -4.59. The lowest BCUT2D eigenvalue weighted by molar-refractivity contribution is -0.140. The van der Waals surface area contributed by atoms with Crippen LogP contribution in [-0.4, -0.2) is 115 Å². The Morgan fingerprint density at radius 1 is 1.08 bits per heavy atom. The van der Waals surface area contributed by atoms with Crippen LogP contribution in [0.3, 0.4) is 0 Å². The molecule has 1 unspecified atom stereocenters. The number of aliphatic hydroxyl groups excluding tert-OH is 1. The summed E-state index contributed by atoms with van der Waals surface area (Å²) < 4.78 is 45.9. The lowest BCUT2D eigenvalue weighted by Gasteiger charge is -2.32. The first kappa shape index (κ1) is 44.9. The van der Waals surface area contributed by atoms with Gasteiger partial charge in [0, 0.05) is 50.0 Å². The predicted octanol–water partition coefficient (Wildman–Crippen LogP) is 4.84. The van der Waals surface area contributed by atoms with Gasteiger partial charge in [0.15, 0.2) is 16.7 Å². The van der Waals surface area contributed by atoms with Gasteiger partial charge in [-0.3, -0.25) is 14.4 Å². The number of rotatable bonds is 19. The third kappa shape index (κ3) is 11.4. The van der Waals surface area contributed by atoms with Gasteiger partial charge in [-0.05, 0) is 48.9 Å². The number of carbonyl (C=O) groups is 3. The van der Waals surface area contributed by atoms with Gasteiger partial charge in [0.2, 0.25) is 23.5 Å². The molecule has 2 aromatic heterocycles. The maximum absolute atomic E-state index is 14.9. The number of nitrogens with one attached hydrogen (secondary N) is 2. The van der Waals surface area contributed by atoms with Gasteiger partial charge in [-0.2, -0.15) is 4.39 Å². The monoisotopic (exact) mass is 869 g/mol. The van der Waals surface area contributed by atoms with Gasteiger partial charge in [-0.1, -0.05) is 38.1 Å². The van der Waals surface area contributed by atoms with E-state index >= 15 is 0 Å². The number of morpholine rings is 1. The van der Waals surface area contributed by atoms with Crippen LogP contribution in [0.4, 0.5) is 13.9 Å². The minimum atomic E-state index is -1.12. The van der Waals surface area contributed by atoms with Crippen molar-refractivity contribution in [3.63, 3.8) is 0 Å². The summed E-state index contributed by atoms with van der Waals surface area (Å²) >= 11 is 2.97. The Balaban J connectivity index is 0.949. The van der Waals surface area contributed by atoms with Crippen LogP contribution >= 0.6 is 22.7 Å². The summed E-state index contributed by atoms with van der Waals surface area (Å²) in [6, 6.07) is 8.39. The minimum Gasteiger partial charge on any atom is -0.487 e. The fourth-order valence-corrected chi connectivity index (χ4v) is 9.11.